The molecule has 1 aliphatic carbocycles. The Morgan fingerprint density at radius 2 is 1.88 bits per heavy atom. The van der Waals surface area contributed by atoms with Gasteiger partial charge in [0.05, 0.1) is 12.2 Å². The second-order valence-electron chi connectivity index (χ2n) is 7.60. The molecule has 144 valence electrons. The number of rotatable bonds is 6. The average Bonchev–Trinajstić information content (AvgIpc) is 2.61. The molecule has 1 amide bonds. The number of esters is 1. The summed E-state index contributed by atoms with van der Waals surface area (Å²) in [4.78, 5) is 25.0. The van der Waals surface area contributed by atoms with E-state index in [9.17, 15) is 24.9 Å². The highest BCUT2D eigenvalue weighted by Gasteiger charge is 2.38. The van der Waals surface area contributed by atoms with Crippen molar-refractivity contribution in [2.24, 2.45) is 11.8 Å². The smallest absolute Gasteiger partial charge is 0.329 e. The van der Waals surface area contributed by atoms with E-state index in [-0.39, 0.29) is 23.9 Å². The Labute approximate surface area is 149 Å². The maximum atomic E-state index is 12.4. The van der Waals surface area contributed by atoms with Crippen molar-refractivity contribution in [3.05, 3.63) is 0 Å². The summed E-state index contributed by atoms with van der Waals surface area (Å²) < 4.78 is 5.58. The molecule has 1 aliphatic heterocycles. The third-order valence-corrected chi connectivity index (χ3v) is 5.79. The molecule has 0 aromatic rings. The van der Waals surface area contributed by atoms with Gasteiger partial charge in [-0.1, -0.05) is 6.92 Å². The van der Waals surface area contributed by atoms with Gasteiger partial charge < -0.3 is 25.0 Å². The summed E-state index contributed by atoms with van der Waals surface area (Å²) in [5, 5.41) is 29.6. The molecule has 7 unspecified atom stereocenters. The molecule has 0 spiro atoms. The van der Waals surface area contributed by atoms with Gasteiger partial charge in [0.25, 0.3) is 0 Å². The molecule has 1 saturated carbocycles. The summed E-state index contributed by atoms with van der Waals surface area (Å²) in [6.45, 7) is 4.35. The zero-order valence-corrected chi connectivity index (χ0v) is 15.1. The zero-order chi connectivity index (χ0) is 18.6. The lowest BCUT2D eigenvalue weighted by Gasteiger charge is -2.37. The molecular formula is C18H31NO6. The number of likely N-dealkylation sites (tertiary alicyclic amines) is 1. The molecular weight excluding hydrogens is 326 g/mol. The quantitative estimate of drug-likeness (QED) is 0.471. The van der Waals surface area contributed by atoms with Crippen molar-refractivity contribution < 1.29 is 29.6 Å². The molecule has 0 aromatic carbocycles. The number of nitrogens with zero attached hydrogens (tertiary/aromatic N) is 1. The second kappa shape index (κ2) is 8.96. The number of ether oxygens (including phenoxy) is 1. The van der Waals surface area contributed by atoms with E-state index >= 15 is 0 Å². The minimum atomic E-state index is -1.12. The Bertz CT molecular complexity index is 459. The third kappa shape index (κ3) is 4.92. The topological polar surface area (TPSA) is 107 Å². The lowest BCUT2D eigenvalue weighted by molar-refractivity contribution is -0.161. The summed E-state index contributed by atoms with van der Waals surface area (Å²) in [5.74, 6) is -0.499. The van der Waals surface area contributed by atoms with E-state index in [0.717, 1.165) is 12.8 Å². The van der Waals surface area contributed by atoms with Crippen molar-refractivity contribution >= 4 is 12.4 Å². The molecule has 2 rings (SSSR count). The molecule has 3 N–H and O–H groups in total. The lowest BCUT2D eigenvalue weighted by atomic mass is 9.77. The van der Waals surface area contributed by atoms with Crippen molar-refractivity contribution in [3.8, 4) is 0 Å². The number of piperidine rings is 1. The van der Waals surface area contributed by atoms with Crippen molar-refractivity contribution in [2.75, 3.05) is 6.54 Å². The lowest BCUT2D eigenvalue weighted by Crippen LogP contribution is -2.47. The summed E-state index contributed by atoms with van der Waals surface area (Å²) in [6.07, 6.45) is 1.54. The second-order valence-corrected chi connectivity index (χ2v) is 7.60. The summed E-state index contributed by atoms with van der Waals surface area (Å²) in [6, 6.07) is -0.502. The molecule has 2 aliphatic rings. The Morgan fingerprint density at radius 1 is 1.16 bits per heavy atom. The van der Waals surface area contributed by atoms with E-state index in [1.165, 1.54) is 4.90 Å². The van der Waals surface area contributed by atoms with Gasteiger partial charge in [0.1, 0.15) is 18.2 Å². The molecule has 1 saturated heterocycles. The van der Waals surface area contributed by atoms with E-state index in [2.05, 4.69) is 0 Å². The minimum Gasteiger partial charge on any atom is -0.461 e. The van der Waals surface area contributed by atoms with Crippen LogP contribution in [0, 0.1) is 11.8 Å². The number of carbonyl (C=O) groups is 2. The van der Waals surface area contributed by atoms with E-state index in [4.69, 9.17) is 4.74 Å². The molecule has 7 atom stereocenters. The fraction of sp³-hybridized carbons (Fsp3) is 0.889. The molecule has 0 aromatic heterocycles. The van der Waals surface area contributed by atoms with Gasteiger partial charge in [-0.3, -0.25) is 4.79 Å². The van der Waals surface area contributed by atoms with Crippen LogP contribution in [0.2, 0.25) is 0 Å². The van der Waals surface area contributed by atoms with Crippen LogP contribution >= 0.6 is 0 Å². The number of amides is 1. The van der Waals surface area contributed by atoms with Gasteiger partial charge in [-0.15, -0.1) is 0 Å². The van der Waals surface area contributed by atoms with Crippen LogP contribution in [0.25, 0.3) is 0 Å². The highest BCUT2D eigenvalue weighted by atomic mass is 16.5. The number of carbonyl (C=O) groups excluding carboxylic acids is 2. The van der Waals surface area contributed by atoms with Crippen LogP contribution < -0.4 is 0 Å². The zero-order valence-electron chi connectivity index (χ0n) is 15.1. The minimum absolute atomic E-state index is 0.000635. The van der Waals surface area contributed by atoms with Crippen LogP contribution in [0.4, 0.5) is 0 Å². The van der Waals surface area contributed by atoms with E-state index in [0.29, 0.717) is 38.6 Å². The predicted molar refractivity (Wildman–Crippen MR) is 90.5 cm³/mol. The first-order chi connectivity index (χ1) is 11.8. The van der Waals surface area contributed by atoms with Crippen molar-refractivity contribution in [1.82, 2.24) is 4.90 Å². The molecule has 1 heterocycles. The number of hydrogen-bond acceptors (Lipinski definition) is 6. The Morgan fingerprint density at radius 3 is 2.56 bits per heavy atom. The monoisotopic (exact) mass is 357 g/mol. The van der Waals surface area contributed by atoms with Gasteiger partial charge in [0.15, 0.2) is 0 Å². The maximum Gasteiger partial charge on any atom is 0.329 e. The number of aliphatic hydroxyl groups is 3. The Kier molecular flexibility index (Phi) is 7.22. The molecule has 0 radical (unpaired) electrons. The highest BCUT2D eigenvalue weighted by molar-refractivity contribution is 5.78. The van der Waals surface area contributed by atoms with Crippen LogP contribution in [-0.4, -0.2) is 69.6 Å². The van der Waals surface area contributed by atoms with Crippen molar-refractivity contribution in [3.63, 3.8) is 0 Å². The number of aliphatic hydroxyl groups excluding tert-OH is 3. The van der Waals surface area contributed by atoms with Gasteiger partial charge in [-0.05, 0) is 57.3 Å². The Balaban J connectivity index is 1.86. The van der Waals surface area contributed by atoms with Crippen LogP contribution in [0.15, 0.2) is 0 Å². The van der Waals surface area contributed by atoms with Crippen LogP contribution in [0.3, 0.4) is 0 Å². The summed E-state index contributed by atoms with van der Waals surface area (Å²) in [5.41, 5.74) is 0. The Hall–Kier alpha value is -1.18. The molecule has 7 heteroatoms. The summed E-state index contributed by atoms with van der Waals surface area (Å²) in [7, 11) is 0. The molecule has 0 bridgehead atoms. The predicted octanol–water partition coefficient (Wildman–Crippen LogP) is 0.448. The normalized spacial score (nSPS) is 35.7. The largest absolute Gasteiger partial charge is 0.461 e. The van der Waals surface area contributed by atoms with Crippen molar-refractivity contribution in [2.45, 2.75) is 82.8 Å². The highest BCUT2D eigenvalue weighted by Crippen LogP contribution is 2.32. The first-order valence-electron chi connectivity index (χ1n) is 9.30. The van der Waals surface area contributed by atoms with E-state index in [1.54, 1.807) is 0 Å². The van der Waals surface area contributed by atoms with Crippen LogP contribution in [0.5, 0.6) is 0 Å². The molecule has 7 nitrogen and oxygen atoms in total. The standard InChI is InChI=1S/C18H31NO6/c1-11(9-13-6-7-15(21)17(23)16(13)22)12(2)25-18(24)14-5-3-4-8-19(14)10-20/h10-17,21-23H,3-9H2,1-2H3. The van der Waals surface area contributed by atoms with E-state index in [1.807, 2.05) is 13.8 Å². The van der Waals surface area contributed by atoms with E-state index < -0.39 is 24.4 Å². The summed E-state index contributed by atoms with van der Waals surface area (Å²) >= 11 is 0. The van der Waals surface area contributed by atoms with Gasteiger partial charge in [0, 0.05) is 6.54 Å². The fourth-order valence-corrected chi connectivity index (χ4v) is 3.87. The van der Waals surface area contributed by atoms with Gasteiger partial charge >= 0.3 is 5.97 Å². The molecule has 25 heavy (non-hydrogen) atoms. The number of hydrogen-bond donors (Lipinski definition) is 3. The van der Waals surface area contributed by atoms with Gasteiger partial charge in [0.2, 0.25) is 6.41 Å². The van der Waals surface area contributed by atoms with Gasteiger partial charge in [-0.2, -0.15) is 0 Å². The molecule has 2 fully saturated rings. The fourth-order valence-electron chi connectivity index (χ4n) is 3.87. The van der Waals surface area contributed by atoms with Crippen molar-refractivity contribution in [1.29, 1.82) is 0 Å². The van der Waals surface area contributed by atoms with Crippen LogP contribution in [0.1, 0.15) is 52.4 Å². The van der Waals surface area contributed by atoms with Crippen LogP contribution in [-0.2, 0) is 14.3 Å². The average molecular weight is 357 g/mol. The van der Waals surface area contributed by atoms with Gasteiger partial charge in [-0.25, -0.2) is 4.79 Å². The maximum absolute atomic E-state index is 12.4. The first kappa shape index (κ1) is 20.1. The first-order valence-corrected chi connectivity index (χ1v) is 9.30. The SMILES string of the molecule is CC(CC1CCC(O)C(O)C1O)C(C)OC(=O)C1CCCCN1C=O. The third-order valence-electron chi connectivity index (χ3n) is 5.79.